The van der Waals surface area contributed by atoms with E-state index in [1.165, 1.54) is 12.3 Å². The summed E-state index contributed by atoms with van der Waals surface area (Å²) in [7, 11) is 0. The number of rotatable bonds is 8. The molecule has 1 aromatic heterocycles. The SMILES string of the molecule is O=C1c2ccccc2C(=O)N1Cc1cc(OCc2ccccc2)c(OCc2ccccc2)c[n+]1[O-]. The first-order valence-corrected chi connectivity index (χ1v) is 11.1. The Labute approximate surface area is 202 Å². The molecule has 0 aliphatic carbocycles. The first-order chi connectivity index (χ1) is 17.1. The smallest absolute Gasteiger partial charge is 0.262 e. The molecule has 1 aliphatic rings. The maximum atomic E-state index is 12.9. The third-order valence-electron chi connectivity index (χ3n) is 5.73. The fourth-order valence-electron chi connectivity index (χ4n) is 3.89. The molecular formula is C28H22N2O5. The summed E-state index contributed by atoms with van der Waals surface area (Å²) in [6.45, 7) is 0.328. The molecule has 0 atom stereocenters. The molecule has 4 aromatic rings. The molecule has 0 saturated heterocycles. The number of pyridine rings is 1. The number of carbonyl (C=O) groups is 2. The van der Waals surface area contributed by atoms with Gasteiger partial charge in [-0.05, 0) is 23.3 Å². The van der Waals surface area contributed by atoms with Gasteiger partial charge >= 0.3 is 0 Å². The van der Waals surface area contributed by atoms with E-state index in [1.807, 2.05) is 60.7 Å². The zero-order chi connectivity index (χ0) is 24.2. The van der Waals surface area contributed by atoms with Gasteiger partial charge in [0.05, 0.1) is 17.2 Å². The van der Waals surface area contributed by atoms with Crippen molar-refractivity contribution in [3.05, 3.63) is 130 Å². The molecule has 1 aliphatic heterocycles. The highest BCUT2D eigenvalue weighted by Gasteiger charge is 2.36. The van der Waals surface area contributed by atoms with Gasteiger partial charge in [0, 0.05) is 0 Å². The van der Waals surface area contributed by atoms with Gasteiger partial charge in [0.15, 0.2) is 5.75 Å². The van der Waals surface area contributed by atoms with Crippen molar-refractivity contribution in [1.29, 1.82) is 0 Å². The van der Waals surface area contributed by atoms with Gasteiger partial charge in [0.25, 0.3) is 11.8 Å². The fourth-order valence-corrected chi connectivity index (χ4v) is 3.89. The van der Waals surface area contributed by atoms with Crippen LogP contribution in [0.5, 0.6) is 11.5 Å². The van der Waals surface area contributed by atoms with Crippen LogP contribution in [-0.2, 0) is 19.8 Å². The van der Waals surface area contributed by atoms with Crippen molar-refractivity contribution >= 4 is 11.8 Å². The minimum absolute atomic E-state index is 0.184. The molecule has 0 unspecified atom stereocenters. The van der Waals surface area contributed by atoms with Crippen molar-refractivity contribution in [2.75, 3.05) is 0 Å². The van der Waals surface area contributed by atoms with Crippen molar-refractivity contribution in [3.8, 4) is 11.5 Å². The second kappa shape index (κ2) is 9.69. The first-order valence-electron chi connectivity index (χ1n) is 11.1. The maximum absolute atomic E-state index is 12.9. The number of benzene rings is 3. The lowest BCUT2D eigenvalue weighted by molar-refractivity contribution is -0.615. The molecule has 7 nitrogen and oxygen atoms in total. The van der Waals surface area contributed by atoms with Crippen LogP contribution < -0.4 is 14.2 Å². The Morgan fingerprint density at radius 3 is 1.71 bits per heavy atom. The average molecular weight is 466 g/mol. The van der Waals surface area contributed by atoms with Gasteiger partial charge < -0.3 is 14.7 Å². The summed E-state index contributed by atoms with van der Waals surface area (Å²) in [4.78, 5) is 26.6. The zero-order valence-corrected chi connectivity index (χ0v) is 18.8. The third-order valence-corrected chi connectivity index (χ3v) is 5.73. The summed E-state index contributed by atoms with van der Waals surface area (Å²) in [6.07, 6.45) is 1.27. The van der Waals surface area contributed by atoms with Gasteiger partial charge in [0.1, 0.15) is 19.8 Å². The van der Waals surface area contributed by atoms with Crippen molar-refractivity contribution in [2.45, 2.75) is 19.8 Å². The van der Waals surface area contributed by atoms with Crippen LogP contribution in [0.2, 0.25) is 0 Å². The van der Waals surface area contributed by atoms with Gasteiger partial charge in [-0.25, -0.2) is 0 Å². The topological polar surface area (TPSA) is 82.8 Å². The standard InChI is InChI=1S/C28H22N2O5/c31-27-23-13-7-8-14-24(23)28(32)29(27)16-22-15-25(34-18-20-9-3-1-4-10-20)26(17-30(22)33)35-19-21-11-5-2-6-12-21/h1-15,17H,16,18-19H2. The lowest BCUT2D eigenvalue weighted by Crippen LogP contribution is -2.38. The Bertz CT molecular complexity index is 1340. The predicted octanol–water partition coefficient (Wildman–Crippen LogP) is 4.27. The number of amides is 2. The molecule has 0 radical (unpaired) electrons. The maximum Gasteiger partial charge on any atom is 0.262 e. The minimum Gasteiger partial charge on any atom is -0.618 e. The lowest BCUT2D eigenvalue weighted by atomic mass is 10.1. The Morgan fingerprint density at radius 2 is 1.17 bits per heavy atom. The van der Waals surface area contributed by atoms with E-state index >= 15 is 0 Å². The zero-order valence-electron chi connectivity index (χ0n) is 18.8. The van der Waals surface area contributed by atoms with Crippen LogP contribution in [0.25, 0.3) is 0 Å². The molecule has 5 rings (SSSR count). The molecule has 174 valence electrons. The molecule has 0 fully saturated rings. The second-order valence-corrected chi connectivity index (χ2v) is 8.11. The Hall–Kier alpha value is -4.65. The van der Waals surface area contributed by atoms with Crippen molar-refractivity contribution < 1.29 is 23.8 Å². The van der Waals surface area contributed by atoms with E-state index in [2.05, 4.69) is 0 Å². The summed E-state index contributed by atoms with van der Waals surface area (Å²) >= 11 is 0. The molecular weight excluding hydrogens is 444 g/mol. The van der Waals surface area contributed by atoms with Crippen LogP contribution in [0.15, 0.2) is 97.2 Å². The quantitative estimate of drug-likeness (QED) is 0.220. The second-order valence-electron chi connectivity index (χ2n) is 8.11. The monoisotopic (exact) mass is 466 g/mol. The third kappa shape index (κ3) is 4.70. The number of hydrogen-bond acceptors (Lipinski definition) is 5. The van der Waals surface area contributed by atoms with E-state index in [9.17, 15) is 14.8 Å². The fraction of sp³-hybridized carbons (Fsp3) is 0.107. The van der Waals surface area contributed by atoms with Gasteiger partial charge in [-0.2, -0.15) is 4.73 Å². The number of carbonyl (C=O) groups excluding carboxylic acids is 2. The molecule has 3 aromatic carbocycles. The van der Waals surface area contributed by atoms with Gasteiger partial charge in [-0.3, -0.25) is 14.5 Å². The van der Waals surface area contributed by atoms with Crippen molar-refractivity contribution in [2.24, 2.45) is 0 Å². The molecule has 7 heteroatoms. The summed E-state index contributed by atoms with van der Waals surface area (Å²) in [6, 6.07) is 27.3. The molecule has 0 bridgehead atoms. The molecule has 35 heavy (non-hydrogen) atoms. The van der Waals surface area contributed by atoms with Crippen LogP contribution in [0.3, 0.4) is 0 Å². The molecule has 2 heterocycles. The number of fused-ring (bicyclic) bond motifs is 1. The lowest BCUT2D eigenvalue weighted by Gasteiger charge is -2.17. The Kier molecular flexibility index (Phi) is 6.13. The summed E-state index contributed by atoms with van der Waals surface area (Å²) < 4.78 is 12.5. The summed E-state index contributed by atoms with van der Waals surface area (Å²) in [5.74, 6) is -0.238. The number of aromatic nitrogens is 1. The highest BCUT2D eigenvalue weighted by Crippen LogP contribution is 2.30. The van der Waals surface area contributed by atoms with Gasteiger partial charge in [-0.15, -0.1) is 0 Å². The summed E-state index contributed by atoms with van der Waals surface area (Å²) in [5.41, 5.74) is 2.74. The van der Waals surface area contributed by atoms with Crippen molar-refractivity contribution in [3.63, 3.8) is 0 Å². The number of hydrogen-bond donors (Lipinski definition) is 0. The van der Waals surface area contributed by atoms with Crippen LogP contribution >= 0.6 is 0 Å². The normalized spacial score (nSPS) is 12.5. The Morgan fingerprint density at radius 1 is 0.686 bits per heavy atom. The van der Waals surface area contributed by atoms with E-state index in [0.29, 0.717) is 21.6 Å². The van der Waals surface area contributed by atoms with E-state index in [1.54, 1.807) is 24.3 Å². The highest BCUT2D eigenvalue weighted by atomic mass is 16.5. The predicted molar refractivity (Wildman–Crippen MR) is 128 cm³/mol. The largest absolute Gasteiger partial charge is 0.618 e. The van der Waals surface area contributed by atoms with Gasteiger partial charge in [-0.1, -0.05) is 72.8 Å². The number of imide groups is 1. The minimum atomic E-state index is -0.429. The van der Waals surface area contributed by atoms with Crippen LogP contribution in [0.4, 0.5) is 0 Å². The number of ether oxygens (including phenoxy) is 2. The van der Waals surface area contributed by atoms with Crippen LogP contribution in [-0.4, -0.2) is 16.7 Å². The van der Waals surface area contributed by atoms with Gasteiger partial charge in [0.2, 0.25) is 17.6 Å². The van der Waals surface area contributed by atoms with Crippen LogP contribution in [0.1, 0.15) is 37.5 Å². The summed E-state index contributed by atoms with van der Waals surface area (Å²) in [5, 5.41) is 12.9. The van der Waals surface area contributed by atoms with E-state index in [4.69, 9.17) is 9.47 Å². The number of nitrogens with zero attached hydrogens (tertiary/aromatic N) is 2. The average Bonchev–Trinajstić information content (AvgIpc) is 3.14. The van der Waals surface area contributed by atoms with E-state index in [0.717, 1.165) is 16.0 Å². The highest BCUT2D eigenvalue weighted by molar-refractivity contribution is 6.21. The molecule has 2 amide bonds. The van der Waals surface area contributed by atoms with E-state index in [-0.39, 0.29) is 31.2 Å². The first kappa shape index (κ1) is 22.2. The molecule has 0 N–H and O–H groups in total. The molecule has 0 spiro atoms. The molecule has 0 saturated carbocycles. The van der Waals surface area contributed by atoms with Crippen molar-refractivity contribution in [1.82, 2.24) is 4.90 Å². The van der Waals surface area contributed by atoms with Crippen LogP contribution in [0, 0.1) is 5.21 Å². The Balaban J connectivity index is 1.42. The van der Waals surface area contributed by atoms with E-state index < -0.39 is 11.8 Å².